The Kier molecular flexibility index (Phi) is 6.95. The van der Waals surface area contributed by atoms with Crippen LogP contribution in [0, 0.1) is 11.8 Å². The first-order valence-electron chi connectivity index (χ1n) is 11.2. The van der Waals surface area contributed by atoms with Crippen molar-refractivity contribution in [3.63, 3.8) is 0 Å². The number of ether oxygens (including phenoxy) is 2. The third-order valence-electron chi connectivity index (χ3n) is 5.92. The van der Waals surface area contributed by atoms with Gasteiger partial charge in [-0.15, -0.1) is 0 Å². The zero-order chi connectivity index (χ0) is 25.4. The largest absolute Gasteiger partial charge is 0.491 e. The molecule has 3 rings (SSSR count). The maximum atomic E-state index is 14.9. The average molecular weight is 483 g/mol. The summed E-state index contributed by atoms with van der Waals surface area (Å²) in [4.78, 5) is 40.1. The molecule has 0 spiro atoms. The summed E-state index contributed by atoms with van der Waals surface area (Å²) in [7, 11) is 1.44. The Labute approximate surface area is 195 Å². The van der Waals surface area contributed by atoms with Crippen LogP contribution < -0.4 is 21.6 Å². The first-order valence-corrected chi connectivity index (χ1v) is 11.2. The molecule has 1 aromatic carbocycles. The van der Waals surface area contributed by atoms with Gasteiger partial charge in [-0.1, -0.05) is 6.92 Å². The second kappa shape index (κ2) is 9.27. The minimum absolute atomic E-state index is 0.0730. The van der Waals surface area contributed by atoms with Gasteiger partial charge >= 0.3 is 17.2 Å². The monoisotopic (exact) mass is 482 g/mol. The number of hydrogen-bond acceptors (Lipinski definition) is 6. The number of halogens is 2. The predicted octanol–water partition coefficient (Wildman–Crippen LogP) is 3.11. The van der Waals surface area contributed by atoms with Crippen LogP contribution in [-0.2, 0) is 11.8 Å². The molecule has 1 fully saturated rings. The molecule has 2 heterocycles. The molecule has 0 unspecified atom stereocenters. The van der Waals surface area contributed by atoms with E-state index in [1.807, 2.05) is 0 Å². The second-order valence-electron chi connectivity index (χ2n) is 9.88. The summed E-state index contributed by atoms with van der Waals surface area (Å²) >= 11 is 0. The van der Waals surface area contributed by atoms with Gasteiger partial charge in [0.25, 0.3) is 5.92 Å². The molecule has 1 aromatic heterocycles. The molecule has 1 saturated heterocycles. The lowest BCUT2D eigenvalue weighted by molar-refractivity contribution is -0.145. The van der Waals surface area contributed by atoms with E-state index < -0.39 is 40.6 Å². The summed E-state index contributed by atoms with van der Waals surface area (Å²) in [5.41, 5.74) is 4.64. The van der Waals surface area contributed by atoms with Gasteiger partial charge in [-0.05, 0) is 39.7 Å². The van der Waals surface area contributed by atoms with Gasteiger partial charge < -0.3 is 29.7 Å². The van der Waals surface area contributed by atoms with Crippen LogP contribution in [0.4, 0.5) is 19.3 Å². The minimum atomic E-state index is -2.94. The standard InChI is InChI=1S/C23H32F2N4O5/c1-13-11-29(21(32)34-22(2,3)4)12-14(23(13,24)25)7-6-8-33-17-10-15(26)9-16-18(17)28(5)20(31)19(30)27-16/h9-10,13-14H,6-8,11-12,26H2,1-5H3,(H,27,30)/t13-,14+/m1/s1. The van der Waals surface area contributed by atoms with Crippen molar-refractivity contribution < 1.29 is 23.0 Å². The number of rotatable bonds is 5. The number of aromatic nitrogens is 2. The second-order valence-corrected chi connectivity index (χ2v) is 9.88. The number of hydrogen-bond donors (Lipinski definition) is 2. The highest BCUT2D eigenvalue weighted by atomic mass is 19.3. The summed E-state index contributed by atoms with van der Waals surface area (Å²) in [5, 5.41) is 0. The SMILES string of the molecule is C[C@@H]1CN(C(=O)OC(C)(C)C)C[C@H](CCCOc2cc(N)cc3[nH]c(=O)c(=O)n(C)c23)C1(F)F. The fourth-order valence-corrected chi connectivity index (χ4v) is 4.20. The van der Waals surface area contributed by atoms with E-state index in [0.717, 1.165) is 0 Å². The molecule has 0 bridgehead atoms. The van der Waals surface area contributed by atoms with Crippen molar-refractivity contribution in [2.45, 2.75) is 52.1 Å². The van der Waals surface area contributed by atoms with E-state index in [1.54, 1.807) is 20.8 Å². The molecular formula is C23H32F2N4O5. The molecule has 1 aliphatic heterocycles. The average Bonchev–Trinajstić information content (AvgIpc) is 2.70. The molecule has 3 N–H and O–H groups in total. The number of piperidine rings is 1. The van der Waals surface area contributed by atoms with Crippen LogP contribution in [0.3, 0.4) is 0 Å². The Hall–Kier alpha value is -3.11. The highest BCUT2D eigenvalue weighted by Gasteiger charge is 2.50. The van der Waals surface area contributed by atoms with Gasteiger partial charge in [-0.25, -0.2) is 13.6 Å². The van der Waals surface area contributed by atoms with Crippen molar-refractivity contribution in [3.05, 3.63) is 32.8 Å². The number of nitrogens with zero attached hydrogens (tertiary/aromatic N) is 2. The number of carbonyl (C=O) groups is 1. The van der Waals surface area contributed by atoms with Gasteiger partial charge in [0.1, 0.15) is 16.9 Å². The van der Waals surface area contributed by atoms with Gasteiger partial charge in [0, 0.05) is 43.7 Å². The number of likely N-dealkylation sites (tertiary alicyclic amines) is 1. The van der Waals surface area contributed by atoms with Gasteiger partial charge in [-0.3, -0.25) is 9.59 Å². The quantitative estimate of drug-likeness (QED) is 0.384. The molecule has 2 aromatic rings. The molecule has 34 heavy (non-hydrogen) atoms. The number of aryl methyl sites for hydroxylation is 1. The Morgan fingerprint density at radius 1 is 1.26 bits per heavy atom. The third-order valence-corrected chi connectivity index (χ3v) is 5.92. The fourth-order valence-electron chi connectivity index (χ4n) is 4.20. The number of aromatic amines is 1. The topological polar surface area (TPSA) is 120 Å². The molecule has 1 amide bonds. The smallest absolute Gasteiger partial charge is 0.410 e. The molecule has 0 saturated carbocycles. The number of fused-ring (bicyclic) bond motifs is 1. The number of anilines is 1. The maximum absolute atomic E-state index is 14.9. The van der Waals surface area contributed by atoms with Crippen LogP contribution in [0.2, 0.25) is 0 Å². The van der Waals surface area contributed by atoms with Crippen LogP contribution in [0.5, 0.6) is 5.75 Å². The number of nitrogen functional groups attached to an aromatic ring is 1. The third kappa shape index (κ3) is 5.34. The summed E-state index contributed by atoms with van der Waals surface area (Å²) in [6.45, 7) is 6.52. The highest BCUT2D eigenvalue weighted by Crippen LogP contribution is 2.40. The maximum Gasteiger partial charge on any atom is 0.410 e. The van der Waals surface area contributed by atoms with Crippen molar-refractivity contribution in [2.75, 3.05) is 25.4 Å². The summed E-state index contributed by atoms with van der Waals surface area (Å²) in [5.74, 6) is -4.73. The lowest BCUT2D eigenvalue weighted by atomic mass is 9.83. The van der Waals surface area contributed by atoms with Crippen LogP contribution >= 0.6 is 0 Å². The summed E-state index contributed by atoms with van der Waals surface area (Å²) in [6.07, 6.45) is -0.202. The van der Waals surface area contributed by atoms with E-state index in [9.17, 15) is 23.2 Å². The van der Waals surface area contributed by atoms with Gasteiger partial charge in [-0.2, -0.15) is 0 Å². The number of alkyl halides is 2. The number of carbonyl (C=O) groups excluding carboxylic acids is 1. The Bertz CT molecular complexity index is 1180. The highest BCUT2D eigenvalue weighted by molar-refractivity contribution is 5.85. The van der Waals surface area contributed by atoms with Gasteiger partial charge in [0.15, 0.2) is 0 Å². The molecule has 9 nitrogen and oxygen atoms in total. The molecular weight excluding hydrogens is 450 g/mol. The normalized spacial score (nSPS) is 20.4. The van der Waals surface area contributed by atoms with Gasteiger partial charge in [0.05, 0.1) is 12.1 Å². The molecule has 2 atom stereocenters. The van der Waals surface area contributed by atoms with Crippen molar-refractivity contribution in [1.29, 1.82) is 0 Å². The lowest BCUT2D eigenvalue weighted by Gasteiger charge is -2.42. The van der Waals surface area contributed by atoms with E-state index in [4.69, 9.17) is 15.2 Å². The fraction of sp³-hybridized carbons (Fsp3) is 0.609. The van der Waals surface area contributed by atoms with E-state index in [1.165, 1.54) is 35.6 Å². The van der Waals surface area contributed by atoms with Crippen molar-refractivity contribution in [2.24, 2.45) is 18.9 Å². The first kappa shape index (κ1) is 25.5. The number of nitrogens with two attached hydrogens (primary N) is 1. The predicted molar refractivity (Wildman–Crippen MR) is 124 cm³/mol. The van der Waals surface area contributed by atoms with E-state index in [-0.39, 0.29) is 38.3 Å². The molecule has 0 aliphatic carbocycles. The zero-order valence-corrected chi connectivity index (χ0v) is 20.1. The Morgan fingerprint density at radius 3 is 2.59 bits per heavy atom. The minimum Gasteiger partial charge on any atom is -0.491 e. The van der Waals surface area contributed by atoms with E-state index in [0.29, 0.717) is 16.7 Å². The van der Waals surface area contributed by atoms with Crippen molar-refractivity contribution in [3.8, 4) is 5.75 Å². The van der Waals surface area contributed by atoms with Crippen LogP contribution in [0.25, 0.3) is 11.0 Å². The van der Waals surface area contributed by atoms with Crippen LogP contribution in [0.1, 0.15) is 40.5 Å². The summed E-state index contributed by atoms with van der Waals surface area (Å²) in [6, 6.07) is 3.03. The molecule has 188 valence electrons. The number of amides is 1. The summed E-state index contributed by atoms with van der Waals surface area (Å²) < 4.78 is 42.1. The zero-order valence-electron chi connectivity index (χ0n) is 20.1. The lowest BCUT2D eigenvalue weighted by Crippen LogP contribution is -2.55. The van der Waals surface area contributed by atoms with E-state index in [2.05, 4.69) is 4.98 Å². The van der Waals surface area contributed by atoms with E-state index >= 15 is 0 Å². The molecule has 1 aliphatic rings. The Morgan fingerprint density at radius 2 is 1.94 bits per heavy atom. The number of benzene rings is 1. The van der Waals surface area contributed by atoms with Crippen LogP contribution in [0.15, 0.2) is 21.7 Å². The molecule has 11 heteroatoms. The first-order chi connectivity index (χ1) is 15.7. The Balaban J connectivity index is 1.70. The number of nitrogens with one attached hydrogen (secondary N) is 1. The van der Waals surface area contributed by atoms with Crippen molar-refractivity contribution >= 4 is 22.8 Å². The number of H-pyrrole nitrogens is 1. The molecule has 0 radical (unpaired) electrons. The van der Waals surface area contributed by atoms with Crippen LogP contribution in [-0.4, -0.2) is 51.8 Å². The van der Waals surface area contributed by atoms with Crippen molar-refractivity contribution in [1.82, 2.24) is 14.5 Å². The van der Waals surface area contributed by atoms with Gasteiger partial charge in [0.2, 0.25) is 0 Å².